The van der Waals surface area contributed by atoms with Crippen LogP contribution >= 0.6 is 0 Å². The van der Waals surface area contributed by atoms with Gasteiger partial charge in [0.2, 0.25) is 0 Å². The summed E-state index contributed by atoms with van der Waals surface area (Å²) < 4.78 is 1.76. The van der Waals surface area contributed by atoms with E-state index in [1.807, 2.05) is 36.4 Å². The van der Waals surface area contributed by atoms with Gasteiger partial charge in [0.25, 0.3) is 11.5 Å². The van der Waals surface area contributed by atoms with Crippen molar-refractivity contribution in [1.82, 2.24) is 9.88 Å². The number of carbonyl (C=O) groups is 1. The first-order valence-electron chi connectivity index (χ1n) is 11.1. The molecule has 1 saturated carbocycles. The molecule has 0 atom stereocenters. The Morgan fingerprint density at radius 1 is 0.967 bits per heavy atom. The number of amides is 1. The van der Waals surface area contributed by atoms with Crippen LogP contribution in [0.25, 0.3) is 10.9 Å². The van der Waals surface area contributed by atoms with E-state index in [1.54, 1.807) is 4.57 Å². The number of aromatic nitrogens is 1. The van der Waals surface area contributed by atoms with Crippen LogP contribution in [-0.2, 0) is 6.54 Å². The zero-order valence-electron chi connectivity index (χ0n) is 17.7. The molecular formula is C26H30N2O2. The number of hydrogen-bond acceptors (Lipinski definition) is 2. The molecule has 1 fully saturated rings. The molecule has 0 aliphatic heterocycles. The van der Waals surface area contributed by atoms with Gasteiger partial charge in [-0.3, -0.25) is 9.59 Å². The number of para-hydroxylation sites is 1. The Morgan fingerprint density at radius 3 is 2.37 bits per heavy atom. The van der Waals surface area contributed by atoms with Gasteiger partial charge in [-0.05, 0) is 31.4 Å². The molecule has 4 nitrogen and oxygen atoms in total. The van der Waals surface area contributed by atoms with E-state index in [1.165, 1.54) is 30.9 Å². The SMILES string of the molecule is Cc1ccc(Cn2c(=O)cc(C(=O)NC3CCCCCCC3)c3ccccc32)cc1. The monoisotopic (exact) mass is 402 g/mol. The van der Waals surface area contributed by atoms with Crippen LogP contribution in [0.5, 0.6) is 0 Å². The van der Waals surface area contributed by atoms with Gasteiger partial charge in [0, 0.05) is 17.5 Å². The van der Waals surface area contributed by atoms with E-state index >= 15 is 0 Å². The lowest BCUT2D eigenvalue weighted by molar-refractivity contribution is 0.0932. The number of nitrogens with zero attached hydrogens (tertiary/aromatic N) is 1. The maximum Gasteiger partial charge on any atom is 0.252 e. The Morgan fingerprint density at radius 2 is 1.63 bits per heavy atom. The zero-order chi connectivity index (χ0) is 20.9. The number of carbonyl (C=O) groups excluding carboxylic acids is 1. The molecule has 1 heterocycles. The predicted octanol–water partition coefficient (Wildman–Crippen LogP) is 5.20. The largest absolute Gasteiger partial charge is 0.349 e. The third kappa shape index (κ3) is 4.64. The average Bonchev–Trinajstić information content (AvgIpc) is 2.73. The Bertz CT molecular complexity index is 1070. The number of hydrogen-bond donors (Lipinski definition) is 1. The molecule has 156 valence electrons. The van der Waals surface area contributed by atoms with Gasteiger partial charge >= 0.3 is 0 Å². The fourth-order valence-electron chi connectivity index (χ4n) is 4.43. The smallest absolute Gasteiger partial charge is 0.252 e. The highest BCUT2D eigenvalue weighted by Crippen LogP contribution is 2.21. The summed E-state index contributed by atoms with van der Waals surface area (Å²) in [5.74, 6) is -0.128. The number of nitrogens with one attached hydrogen (secondary N) is 1. The van der Waals surface area contributed by atoms with Gasteiger partial charge < -0.3 is 9.88 Å². The van der Waals surface area contributed by atoms with Crippen LogP contribution in [0.2, 0.25) is 0 Å². The summed E-state index contributed by atoms with van der Waals surface area (Å²) in [6.45, 7) is 2.54. The summed E-state index contributed by atoms with van der Waals surface area (Å²) in [5.41, 5.74) is 3.40. The van der Waals surface area contributed by atoms with Crippen molar-refractivity contribution >= 4 is 16.8 Å². The molecule has 0 radical (unpaired) electrons. The van der Waals surface area contributed by atoms with Crippen LogP contribution in [-0.4, -0.2) is 16.5 Å². The summed E-state index contributed by atoms with van der Waals surface area (Å²) in [5, 5.41) is 4.04. The minimum absolute atomic E-state index is 0.128. The number of rotatable bonds is 4. The third-order valence-corrected chi connectivity index (χ3v) is 6.17. The molecule has 4 heteroatoms. The van der Waals surface area contributed by atoms with Crippen molar-refractivity contribution in [3.8, 4) is 0 Å². The lowest BCUT2D eigenvalue weighted by atomic mass is 9.96. The second-order valence-electron chi connectivity index (χ2n) is 8.50. The molecular weight excluding hydrogens is 372 g/mol. The van der Waals surface area contributed by atoms with Crippen molar-refractivity contribution in [2.24, 2.45) is 0 Å². The Kier molecular flexibility index (Phi) is 6.32. The van der Waals surface area contributed by atoms with Crippen LogP contribution in [0.15, 0.2) is 59.4 Å². The first-order chi connectivity index (χ1) is 14.6. The van der Waals surface area contributed by atoms with E-state index in [0.29, 0.717) is 12.1 Å². The predicted molar refractivity (Wildman–Crippen MR) is 122 cm³/mol. The van der Waals surface area contributed by atoms with E-state index in [-0.39, 0.29) is 17.5 Å². The minimum Gasteiger partial charge on any atom is -0.349 e. The highest BCUT2D eigenvalue weighted by molar-refractivity contribution is 6.06. The molecule has 4 rings (SSSR count). The number of benzene rings is 2. The molecule has 0 saturated heterocycles. The summed E-state index contributed by atoms with van der Waals surface area (Å²) >= 11 is 0. The topological polar surface area (TPSA) is 51.1 Å². The quantitative estimate of drug-likeness (QED) is 0.652. The van der Waals surface area contributed by atoms with Crippen LogP contribution in [0, 0.1) is 6.92 Å². The molecule has 2 aromatic carbocycles. The van der Waals surface area contributed by atoms with Crippen molar-refractivity contribution in [3.05, 3.63) is 81.6 Å². The summed E-state index contributed by atoms with van der Waals surface area (Å²) in [6.07, 6.45) is 8.13. The molecule has 30 heavy (non-hydrogen) atoms. The molecule has 1 aliphatic rings. The maximum atomic E-state index is 13.1. The number of pyridine rings is 1. The fourth-order valence-corrected chi connectivity index (χ4v) is 4.43. The first kappa shape index (κ1) is 20.4. The van der Waals surface area contributed by atoms with Gasteiger partial charge in [0.1, 0.15) is 0 Å². The first-order valence-corrected chi connectivity index (χ1v) is 11.1. The van der Waals surface area contributed by atoms with E-state index in [9.17, 15) is 9.59 Å². The second-order valence-corrected chi connectivity index (χ2v) is 8.50. The minimum atomic E-state index is -0.142. The molecule has 0 unspecified atom stereocenters. The number of fused-ring (bicyclic) bond motifs is 1. The number of aryl methyl sites for hydroxylation is 1. The van der Waals surface area contributed by atoms with Gasteiger partial charge in [0.15, 0.2) is 0 Å². The van der Waals surface area contributed by atoms with Gasteiger partial charge in [0.05, 0.1) is 17.6 Å². The van der Waals surface area contributed by atoms with Crippen molar-refractivity contribution in [1.29, 1.82) is 0 Å². The van der Waals surface area contributed by atoms with Crippen molar-refractivity contribution in [2.75, 3.05) is 0 Å². The Balaban J connectivity index is 1.65. The van der Waals surface area contributed by atoms with E-state index in [4.69, 9.17) is 0 Å². The lowest BCUT2D eigenvalue weighted by Crippen LogP contribution is -2.36. The molecule has 1 N–H and O–H groups in total. The maximum absolute atomic E-state index is 13.1. The van der Waals surface area contributed by atoms with Crippen LogP contribution < -0.4 is 10.9 Å². The molecule has 0 spiro atoms. The molecule has 0 bridgehead atoms. The van der Waals surface area contributed by atoms with Crippen LogP contribution in [0.4, 0.5) is 0 Å². The average molecular weight is 403 g/mol. The molecule has 1 aliphatic carbocycles. The zero-order valence-corrected chi connectivity index (χ0v) is 17.7. The van der Waals surface area contributed by atoms with Gasteiger partial charge in [-0.15, -0.1) is 0 Å². The van der Waals surface area contributed by atoms with Crippen molar-refractivity contribution < 1.29 is 4.79 Å². The van der Waals surface area contributed by atoms with Crippen LogP contribution in [0.1, 0.15) is 66.4 Å². The van der Waals surface area contributed by atoms with E-state index in [2.05, 4.69) is 24.4 Å². The summed E-state index contributed by atoms with van der Waals surface area (Å²) in [7, 11) is 0. The highest BCUT2D eigenvalue weighted by Gasteiger charge is 2.19. The van der Waals surface area contributed by atoms with E-state index < -0.39 is 0 Å². The van der Waals surface area contributed by atoms with E-state index in [0.717, 1.165) is 42.1 Å². The van der Waals surface area contributed by atoms with Crippen molar-refractivity contribution in [3.63, 3.8) is 0 Å². The van der Waals surface area contributed by atoms with Crippen molar-refractivity contribution in [2.45, 2.75) is 64.5 Å². The molecule has 1 amide bonds. The Hall–Kier alpha value is -2.88. The van der Waals surface area contributed by atoms with Gasteiger partial charge in [-0.25, -0.2) is 0 Å². The lowest BCUT2D eigenvalue weighted by Gasteiger charge is -2.22. The van der Waals surface area contributed by atoms with Gasteiger partial charge in [-0.2, -0.15) is 0 Å². The fraction of sp³-hybridized carbons (Fsp3) is 0.385. The van der Waals surface area contributed by atoms with Gasteiger partial charge in [-0.1, -0.05) is 80.1 Å². The highest BCUT2D eigenvalue weighted by atomic mass is 16.2. The molecule has 3 aromatic rings. The molecule has 1 aromatic heterocycles. The standard InChI is InChI=1S/C26H30N2O2/c1-19-13-15-20(16-14-19)18-28-24-12-8-7-11-22(24)23(17-25(28)29)26(30)27-21-9-5-3-2-4-6-10-21/h7-8,11-17,21H,2-6,9-10,18H2,1H3,(H,27,30). The summed E-state index contributed by atoms with van der Waals surface area (Å²) in [4.78, 5) is 26.1. The normalized spacial score (nSPS) is 15.5. The second kappa shape index (κ2) is 9.29. The Labute approximate surface area is 177 Å². The third-order valence-electron chi connectivity index (χ3n) is 6.17. The summed E-state index contributed by atoms with van der Waals surface area (Å²) in [6, 6.07) is 17.6. The van der Waals surface area contributed by atoms with Crippen LogP contribution in [0.3, 0.4) is 0 Å².